The molecule has 15 heavy (non-hydrogen) atoms. The first-order valence-corrected chi connectivity index (χ1v) is 6.61. The van der Waals surface area contributed by atoms with Gasteiger partial charge in [-0.15, -0.1) is 0 Å². The van der Waals surface area contributed by atoms with Gasteiger partial charge in [-0.1, -0.05) is 0 Å². The second-order valence-electron chi connectivity index (χ2n) is 3.70. The Hall–Kier alpha value is 0.0300. The summed E-state index contributed by atoms with van der Waals surface area (Å²) in [7, 11) is -4.35. The molecular weight excluding hydrogens is 221 g/mol. The van der Waals surface area contributed by atoms with Gasteiger partial charge in [0.05, 0.1) is 6.61 Å². The van der Waals surface area contributed by atoms with Crippen LogP contribution >= 0.6 is 7.82 Å². The minimum Gasteiger partial charge on any atom is -0.396 e. The van der Waals surface area contributed by atoms with E-state index in [4.69, 9.17) is 14.9 Å². The quantitative estimate of drug-likeness (QED) is 0.563. The smallest absolute Gasteiger partial charge is 0.396 e. The van der Waals surface area contributed by atoms with Crippen LogP contribution in [0.5, 0.6) is 0 Å². The summed E-state index contributed by atoms with van der Waals surface area (Å²) in [5, 5.41) is 8.69. The van der Waals surface area contributed by atoms with Gasteiger partial charge in [0.1, 0.15) is 0 Å². The molecule has 0 spiro atoms. The lowest BCUT2D eigenvalue weighted by Gasteiger charge is -2.23. The molecule has 0 aliphatic carbocycles. The average molecular weight is 239 g/mol. The summed E-state index contributed by atoms with van der Waals surface area (Å²) in [4.78, 5) is 19.2. The van der Waals surface area contributed by atoms with Crippen molar-refractivity contribution < 1.29 is 24.0 Å². The van der Waals surface area contributed by atoms with E-state index in [0.29, 0.717) is 6.42 Å². The van der Waals surface area contributed by atoms with Gasteiger partial charge in [0.2, 0.25) is 0 Å². The van der Waals surface area contributed by atoms with Crippen molar-refractivity contribution in [3.63, 3.8) is 0 Å². The number of hydrogen-bond donors (Lipinski definition) is 3. The van der Waals surface area contributed by atoms with Crippen LogP contribution in [0.2, 0.25) is 0 Å². The van der Waals surface area contributed by atoms with Gasteiger partial charge in [-0.25, -0.2) is 4.57 Å². The van der Waals surface area contributed by atoms with Crippen LogP contribution in [-0.4, -0.2) is 52.1 Å². The fourth-order valence-corrected chi connectivity index (χ4v) is 2.20. The number of likely N-dealkylation sites (tertiary alicyclic amines) is 1. The van der Waals surface area contributed by atoms with Gasteiger partial charge >= 0.3 is 7.82 Å². The molecule has 7 heteroatoms. The van der Waals surface area contributed by atoms with Crippen LogP contribution in [0.3, 0.4) is 0 Å². The molecule has 1 fully saturated rings. The number of nitrogens with zero attached hydrogens (tertiary/aromatic N) is 1. The minimum absolute atomic E-state index is 0.0652. The molecule has 0 amide bonds. The van der Waals surface area contributed by atoms with Gasteiger partial charge in [0, 0.05) is 19.2 Å². The molecule has 90 valence electrons. The molecule has 0 saturated carbocycles. The van der Waals surface area contributed by atoms with E-state index in [2.05, 4.69) is 9.42 Å². The molecule has 0 unspecified atom stereocenters. The first-order chi connectivity index (χ1) is 7.03. The van der Waals surface area contributed by atoms with Gasteiger partial charge < -0.3 is 14.9 Å². The number of phosphoric acid groups is 1. The molecule has 6 nitrogen and oxygen atoms in total. The number of aliphatic hydroxyl groups is 1. The number of rotatable bonds is 6. The summed E-state index contributed by atoms with van der Waals surface area (Å²) in [5.41, 5.74) is 0. The lowest BCUT2D eigenvalue weighted by molar-refractivity contribution is 0.128. The fourth-order valence-electron chi connectivity index (χ4n) is 1.84. The van der Waals surface area contributed by atoms with Crippen LogP contribution in [0.25, 0.3) is 0 Å². The summed E-state index contributed by atoms with van der Waals surface area (Å²) < 4.78 is 15.0. The van der Waals surface area contributed by atoms with Crippen molar-refractivity contribution in [3.05, 3.63) is 0 Å². The van der Waals surface area contributed by atoms with Crippen molar-refractivity contribution in [2.75, 3.05) is 26.3 Å². The Balaban J connectivity index is 2.30. The highest BCUT2D eigenvalue weighted by atomic mass is 31.2. The third-order valence-electron chi connectivity index (χ3n) is 2.54. The van der Waals surface area contributed by atoms with Crippen LogP contribution in [0.4, 0.5) is 0 Å². The molecule has 3 N–H and O–H groups in total. The Labute approximate surface area is 89.1 Å². The largest absolute Gasteiger partial charge is 0.469 e. The molecule has 0 aromatic rings. The SMILES string of the molecule is O=P(O)(O)OC[C@H]1CCCN1CCCO. The van der Waals surface area contributed by atoms with E-state index in [9.17, 15) is 4.57 Å². The number of aliphatic hydroxyl groups excluding tert-OH is 1. The van der Waals surface area contributed by atoms with Crippen molar-refractivity contribution in [3.8, 4) is 0 Å². The standard InChI is InChI=1S/C8H18NO5P/c10-6-2-5-9-4-1-3-8(9)7-14-15(11,12)13/h8,10H,1-7H2,(H2,11,12,13)/t8-/m1/s1. The van der Waals surface area contributed by atoms with Crippen molar-refractivity contribution in [2.45, 2.75) is 25.3 Å². The maximum Gasteiger partial charge on any atom is 0.469 e. The zero-order chi connectivity index (χ0) is 11.3. The Morgan fingerprint density at radius 3 is 2.80 bits per heavy atom. The maximum absolute atomic E-state index is 10.5. The lowest BCUT2D eigenvalue weighted by Crippen LogP contribution is -2.34. The molecule has 0 aromatic heterocycles. The molecule has 0 aromatic carbocycles. The minimum atomic E-state index is -4.35. The predicted molar refractivity (Wildman–Crippen MR) is 54.3 cm³/mol. The van der Waals surface area contributed by atoms with Crippen LogP contribution < -0.4 is 0 Å². The van der Waals surface area contributed by atoms with Crippen LogP contribution in [0, 0.1) is 0 Å². The van der Waals surface area contributed by atoms with Crippen molar-refractivity contribution in [1.82, 2.24) is 4.90 Å². The van der Waals surface area contributed by atoms with E-state index in [1.165, 1.54) is 0 Å². The van der Waals surface area contributed by atoms with Gasteiger partial charge in [-0.05, 0) is 25.8 Å². The van der Waals surface area contributed by atoms with E-state index in [-0.39, 0.29) is 19.3 Å². The molecule has 1 aliphatic heterocycles. The lowest BCUT2D eigenvalue weighted by atomic mass is 10.2. The van der Waals surface area contributed by atoms with Crippen molar-refractivity contribution in [2.24, 2.45) is 0 Å². The van der Waals surface area contributed by atoms with E-state index in [1.54, 1.807) is 0 Å². The highest BCUT2D eigenvalue weighted by Gasteiger charge is 2.26. The second-order valence-corrected chi connectivity index (χ2v) is 4.93. The first-order valence-electron chi connectivity index (χ1n) is 5.08. The number of hydrogen-bond acceptors (Lipinski definition) is 4. The highest BCUT2D eigenvalue weighted by molar-refractivity contribution is 7.46. The summed E-state index contributed by atoms with van der Waals surface area (Å²) in [6.07, 6.45) is 2.60. The Kier molecular flexibility index (Phi) is 5.18. The van der Waals surface area contributed by atoms with Crippen molar-refractivity contribution >= 4 is 7.82 Å². The summed E-state index contributed by atoms with van der Waals surface area (Å²) >= 11 is 0. The zero-order valence-electron chi connectivity index (χ0n) is 8.58. The monoisotopic (exact) mass is 239 g/mol. The van der Waals surface area contributed by atoms with E-state index >= 15 is 0 Å². The summed E-state index contributed by atoms with van der Waals surface area (Å²) in [6.45, 7) is 1.87. The predicted octanol–water partition coefficient (Wildman–Crippen LogP) is -0.0575. The van der Waals surface area contributed by atoms with E-state index in [1.807, 2.05) is 0 Å². The highest BCUT2D eigenvalue weighted by Crippen LogP contribution is 2.36. The van der Waals surface area contributed by atoms with E-state index < -0.39 is 7.82 Å². The molecule has 1 rings (SSSR count). The van der Waals surface area contributed by atoms with Gasteiger partial charge in [0.25, 0.3) is 0 Å². The maximum atomic E-state index is 10.5. The second kappa shape index (κ2) is 5.94. The third kappa shape index (κ3) is 5.06. The molecular formula is C8H18NO5P. The molecule has 1 saturated heterocycles. The topological polar surface area (TPSA) is 90.2 Å². The van der Waals surface area contributed by atoms with Crippen molar-refractivity contribution in [1.29, 1.82) is 0 Å². The first kappa shape index (κ1) is 13.1. The Bertz CT molecular complexity index is 231. The molecule has 1 aliphatic rings. The van der Waals surface area contributed by atoms with Gasteiger partial charge in [0.15, 0.2) is 0 Å². The number of phosphoric ester groups is 1. The normalized spacial score (nSPS) is 23.5. The third-order valence-corrected chi connectivity index (χ3v) is 3.02. The fraction of sp³-hybridized carbons (Fsp3) is 1.00. The van der Waals surface area contributed by atoms with Crippen LogP contribution in [0.15, 0.2) is 0 Å². The zero-order valence-corrected chi connectivity index (χ0v) is 9.47. The average Bonchev–Trinajstić information content (AvgIpc) is 2.57. The summed E-state index contributed by atoms with van der Waals surface area (Å²) in [6, 6.07) is 0.0733. The van der Waals surface area contributed by atoms with Crippen LogP contribution in [-0.2, 0) is 9.09 Å². The molecule has 0 bridgehead atoms. The van der Waals surface area contributed by atoms with E-state index in [0.717, 1.165) is 25.9 Å². The molecule has 1 heterocycles. The van der Waals surface area contributed by atoms with Gasteiger partial charge in [-0.3, -0.25) is 9.42 Å². The van der Waals surface area contributed by atoms with Gasteiger partial charge in [-0.2, -0.15) is 0 Å². The molecule has 0 radical (unpaired) electrons. The molecule has 1 atom stereocenters. The summed E-state index contributed by atoms with van der Waals surface area (Å²) in [5.74, 6) is 0. The Morgan fingerprint density at radius 2 is 2.20 bits per heavy atom. The Morgan fingerprint density at radius 1 is 1.47 bits per heavy atom. The van der Waals surface area contributed by atoms with Crippen LogP contribution in [0.1, 0.15) is 19.3 Å².